The van der Waals surface area contributed by atoms with Crippen LogP contribution in [0.1, 0.15) is 18.1 Å². The smallest absolute Gasteiger partial charge is 0.294 e. The molecule has 11 heteroatoms. The van der Waals surface area contributed by atoms with E-state index in [1.54, 1.807) is 37.3 Å². The predicted molar refractivity (Wildman–Crippen MR) is 144 cm³/mol. The lowest BCUT2D eigenvalue weighted by atomic mass is 10.1. The molecule has 1 N–H and O–H groups in total. The number of nitrogens with one attached hydrogen (secondary N) is 1. The van der Waals surface area contributed by atoms with Crippen molar-refractivity contribution >= 4 is 56.5 Å². The Labute approximate surface area is 229 Å². The van der Waals surface area contributed by atoms with Gasteiger partial charge in [-0.1, -0.05) is 24.3 Å². The van der Waals surface area contributed by atoms with Crippen LogP contribution < -0.4 is 14.8 Å². The van der Waals surface area contributed by atoms with Gasteiger partial charge in [-0.05, 0) is 88.2 Å². The molecule has 0 bridgehead atoms. The van der Waals surface area contributed by atoms with E-state index >= 15 is 0 Å². The van der Waals surface area contributed by atoms with Crippen LogP contribution in [0.5, 0.6) is 11.5 Å². The Bertz CT molecular complexity index is 1430. The van der Waals surface area contributed by atoms with Gasteiger partial charge in [0.25, 0.3) is 11.1 Å². The number of anilines is 1. The second kappa shape index (κ2) is 12.2. The first-order chi connectivity index (χ1) is 18.2. The molecule has 1 aliphatic heterocycles. The number of rotatable bonds is 9. The number of hydrogen-bond acceptors (Lipinski definition) is 6. The average molecular weight is 603 g/mol. The van der Waals surface area contributed by atoms with Crippen molar-refractivity contribution in [1.82, 2.24) is 4.90 Å². The summed E-state index contributed by atoms with van der Waals surface area (Å²) in [6.07, 6.45) is 1.50. The van der Waals surface area contributed by atoms with E-state index in [1.807, 2.05) is 0 Å². The summed E-state index contributed by atoms with van der Waals surface area (Å²) in [5.74, 6) is -1.58. The number of hydrogen-bond donors (Lipinski definition) is 1. The number of halogens is 3. The van der Waals surface area contributed by atoms with Crippen LogP contribution in [0.3, 0.4) is 0 Å². The molecule has 0 aliphatic carbocycles. The molecule has 7 nitrogen and oxygen atoms in total. The number of carbonyl (C=O) groups is 3. The number of benzene rings is 3. The van der Waals surface area contributed by atoms with E-state index in [9.17, 15) is 23.2 Å². The minimum Gasteiger partial charge on any atom is -0.490 e. The Balaban J connectivity index is 1.50. The lowest BCUT2D eigenvalue weighted by Gasteiger charge is -2.15. The molecule has 1 saturated heterocycles. The Hall–Kier alpha value is -3.70. The first kappa shape index (κ1) is 27.3. The van der Waals surface area contributed by atoms with Crippen LogP contribution >= 0.6 is 27.7 Å². The van der Waals surface area contributed by atoms with E-state index in [-0.39, 0.29) is 23.0 Å². The minimum absolute atomic E-state index is 0.0481. The molecule has 0 unspecified atom stereocenters. The minimum atomic E-state index is -0.708. The monoisotopic (exact) mass is 602 g/mol. The zero-order valence-corrected chi connectivity index (χ0v) is 22.4. The normalized spacial score (nSPS) is 14.2. The highest BCUT2D eigenvalue weighted by Gasteiger charge is 2.36. The highest BCUT2D eigenvalue weighted by molar-refractivity contribution is 9.10. The van der Waals surface area contributed by atoms with Gasteiger partial charge < -0.3 is 14.8 Å². The first-order valence-electron chi connectivity index (χ1n) is 11.4. The summed E-state index contributed by atoms with van der Waals surface area (Å²) in [6, 6.07) is 15.0. The topological polar surface area (TPSA) is 84.9 Å². The SMILES string of the molecule is CCOc1cc(/C=C2\SC(=O)N(CC(=O)Nc3ccccc3F)C2=O)cc(Br)c1OCc1cccc(F)c1. The summed E-state index contributed by atoms with van der Waals surface area (Å²) >= 11 is 4.14. The standard InChI is InChI=1S/C27H21BrF2N2O5S/c1-2-36-22-12-17(11-19(28)25(22)37-15-16-6-5-7-18(29)10-16)13-23-26(34)32(27(35)38-23)14-24(33)31-21-9-4-3-8-20(21)30/h3-13H,2,14-15H2,1H3,(H,31,33)/b23-13-. The van der Waals surface area contributed by atoms with Gasteiger partial charge >= 0.3 is 0 Å². The van der Waals surface area contributed by atoms with Crippen LogP contribution in [0.4, 0.5) is 19.3 Å². The molecule has 0 spiro atoms. The quantitative estimate of drug-likeness (QED) is 0.286. The van der Waals surface area contributed by atoms with Gasteiger partial charge in [-0.2, -0.15) is 0 Å². The summed E-state index contributed by atoms with van der Waals surface area (Å²) < 4.78 is 39.4. The van der Waals surface area contributed by atoms with Crippen molar-refractivity contribution in [3.63, 3.8) is 0 Å². The van der Waals surface area contributed by atoms with Crippen molar-refractivity contribution in [3.05, 3.63) is 92.8 Å². The third-order valence-electron chi connectivity index (χ3n) is 5.22. The fraction of sp³-hybridized carbons (Fsp3) is 0.148. The second-order valence-corrected chi connectivity index (χ2v) is 9.83. The summed E-state index contributed by atoms with van der Waals surface area (Å²) in [4.78, 5) is 38.6. The van der Waals surface area contributed by atoms with Crippen LogP contribution in [0, 0.1) is 11.6 Å². The van der Waals surface area contributed by atoms with E-state index in [0.29, 0.717) is 45.5 Å². The van der Waals surface area contributed by atoms with Gasteiger partial charge in [0, 0.05) is 0 Å². The number of nitrogens with zero attached hydrogens (tertiary/aromatic N) is 1. The Morgan fingerprint density at radius 1 is 1.08 bits per heavy atom. The maximum atomic E-state index is 13.8. The maximum Gasteiger partial charge on any atom is 0.294 e. The molecular formula is C27H21BrF2N2O5S. The van der Waals surface area contributed by atoms with E-state index in [4.69, 9.17) is 9.47 Å². The van der Waals surface area contributed by atoms with Crippen LogP contribution in [-0.2, 0) is 16.2 Å². The van der Waals surface area contributed by atoms with E-state index in [2.05, 4.69) is 21.2 Å². The van der Waals surface area contributed by atoms with Gasteiger partial charge in [-0.25, -0.2) is 8.78 Å². The van der Waals surface area contributed by atoms with Gasteiger partial charge in [-0.15, -0.1) is 0 Å². The summed E-state index contributed by atoms with van der Waals surface area (Å²) in [5.41, 5.74) is 1.13. The summed E-state index contributed by atoms with van der Waals surface area (Å²) in [6.45, 7) is 1.68. The molecule has 0 atom stereocenters. The third kappa shape index (κ3) is 6.59. The van der Waals surface area contributed by atoms with Gasteiger partial charge in [0.2, 0.25) is 5.91 Å². The fourth-order valence-corrected chi connectivity index (χ4v) is 4.95. The zero-order valence-electron chi connectivity index (χ0n) is 20.0. The highest BCUT2D eigenvalue weighted by atomic mass is 79.9. The Morgan fingerprint density at radius 3 is 2.61 bits per heavy atom. The molecule has 38 heavy (non-hydrogen) atoms. The van der Waals surface area contributed by atoms with Gasteiger partial charge in [0.15, 0.2) is 11.5 Å². The Morgan fingerprint density at radius 2 is 1.87 bits per heavy atom. The number of imide groups is 1. The van der Waals surface area contributed by atoms with Crippen LogP contribution in [-0.4, -0.2) is 35.1 Å². The maximum absolute atomic E-state index is 13.8. The number of ether oxygens (including phenoxy) is 2. The molecule has 0 radical (unpaired) electrons. The molecule has 3 amide bonds. The van der Waals surface area contributed by atoms with Crippen molar-refractivity contribution in [3.8, 4) is 11.5 Å². The van der Waals surface area contributed by atoms with E-state index in [0.717, 1.165) is 4.90 Å². The third-order valence-corrected chi connectivity index (χ3v) is 6.72. The summed E-state index contributed by atoms with van der Waals surface area (Å²) in [5, 5.41) is 1.74. The molecule has 4 rings (SSSR count). The molecule has 1 fully saturated rings. The number of carbonyl (C=O) groups excluding carboxylic acids is 3. The van der Waals surface area contributed by atoms with Crippen molar-refractivity contribution < 1.29 is 32.6 Å². The molecule has 3 aromatic carbocycles. The van der Waals surface area contributed by atoms with Crippen LogP contribution in [0.25, 0.3) is 6.08 Å². The molecule has 0 saturated carbocycles. The molecular weight excluding hydrogens is 582 g/mol. The zero-order chi connectivity index (χ0) is 27.2. The second-order valence-electron chi connectivity index (χ2n) is 7.98. The van der Waals surface area contributed by atoms with E-state index in [1.165, 1.54) is 36.4 Å². The molecule has 0 aromatic heterocycles. The Kier molecular flexibility index (Phi) is 8.80. The molecule has 1 heterocycles. The molecule has 3 aromatic rings. The summed E-state index contributed by atoms with van der Waals surface area (Å²) in [7, 11) is 0. The average Bonchev–Trinajstić information content (AvgIpc) is 3.12. The highest BCUT2D eigenvalue weighted by Crippen LogP contribution is 2.39. The predicted octanol–water partition coefficient (Wildman–Crippen LogP) is 6.38. The number of thioether (sulfide) groups is 1. The van der Waals surface area contributed by atoms with Gasteiger partial charge in [-0.3, -0.25) is 19.3 Å². The molecule has 196 valence electrons. The van der Waals surface area contributed by atoms with Crippen molar-refractivity contribution in [2.45, 2.75) is 13.5 Å². The lowest BCUT2D eigenvalue weighted by molar-refractivity contribution is -0.127. The largest absolute Gasteiger partial charge is 0.490 e. The van der Waals surface area contributed by atoms with Crippen molar-refractivity contribution in [2.24, 2.45) is 0 Å². The molecule has 1 aliphatic rings. The number of amides is 3. The van der Waals surface area contributed by atoms with Crippen LogP contribution in [0.15, 0.2) is 70.0 Å². The van der Waals surface area contributed by atoms with E-state index < -0.39 is 29.4 Å². The van der Waals surface area contributed by atoms with Crippen molar-refractivity contribution in [1.29, 1.82) is 0 Å². The fourth-order valence-electron chi connectivity index (χ4n) is 3.54. The lowest BCUT2D eigenvalue weighted by Crippen LogP contribution is -2.36. The van der Waals surface area contributed by atoms with Crippen molar-refractivity contribution in [2.75, 3.05) is 18.5 Å². The van der Waals surface area contributed by atoms with Gasteiger partial charge in [0.1, 0.15) is 24.8 Å². The van der Waals surface area contributed by atoms with Gasteiger partial charge in [0.05, 0.1) is 21.7 Å². The van der Waals surface area contributed by atoms with Crippen LogP contribution in [0.2, 0.25) is 0 Å². The number of para-hydroxylation sites is 1. The first-order valence-corrected chi connectivity index (χ1v) is 13.0.